The number of benzene rings is 2. The molecule has 1 aliphatic rings. The van der Waals surface area contributed by atoms with E-state index in [4.69, 9.17) is 5.26 Å². The van der Waals surface area contributed by atoms with Crippen LogP contribution < -0.4 is 5.32 Å². The van der Waals surface area contributed by atoms with Crippen LogP contribution in [0.5, 0.6) is 0 Å². The zero-order valence-corrected chi connectivity index (χ0v) is 17.3. The average molecular weight is 401 g/mol. The molecular weight excluding hydrogens is 372 g/mol. The lowest BCUT2D eigenvalue weighted by atomic mass is 9.70. The van der Waals surface area contributed by atoms with Crippen LogP contribution in [0.3, 0.4) is 0 Å². The van der Waals surface area contributed by atoms with Crippen LogP contribution in [0.1, 0.15) is 46.4 Å². The fraction of sp³-hybridized carbons (Fsp3) is 0.360. The maximum Gasteiger partial charge on any atom is 0.0991 e. The lowest BCUT2D eigenvalue weighted by Crippen LogP contribution is -2.42. The molecule has 3 aromatic rings. The van der Waals surface area contributed by atoms with Gasteiger partial charge in [0, 0.05) is 17.8 Å². The van der Waals surface area contributed by atoms with Gasteiger partial charge >= 0.3 is 0 Å². The Bertz CT molecular complexity index is 991. The molecule has 3 N–H and O–H groups in total. The molecule has 4 unspecified atom stereocenters. The largest absolute Gasteiger partial charge is 0.388 e. The van der Waals surface area contributed by atoms with E-state index >= 15 is 0 Å². The van der Waals surface area contributed by atoms with E-state index in [1.54, 1.807) is 6.33 Å². The van der Waals surface area contributed by atoms with Crippen molar-refractivity contribution in [2.45, 2.75) is 31.8 Å². The first-order chi connectivity index (χ1) is 14.7. The van der Waals surface area contributed by atoms with E-state index in [0.717, 1.165) is 37.2 Å². The molecule has 1 aliphatic heterocycles. The van der Waals surface area contributed by atoms with Gasteiger partial charge in [-0.3, -0.25) is 0 Å². The van der Waals surface area contributed by atoms with Crippen LogP contribution in [0.4, 0.5) is 0 Å². The Morgan fingerprint density at radius 3 is 2.73 bits per heavy atom. The van der Waals surface area contributed by atoms with Gasteiger partial charge in [0.25, 0.3) is 0 Å². The number of nitriles is 1. The first kappa shape index (κ1) is 20.3. The molecular formula is C25H28N4O. The minimum absolute atomic E-state index is 0.153. The van der Waals surface area contributed by atoms with Crippen LogP contribution in [-0.2, 0) is 6.42 Å². The number of hydrogen-bond acceptors (Lipinski definition) is 4. The van der Waals surface area contributed by atoms with Crippen LogP contribution in [0, 0.1) is 30.1 Å². The number of aryl methyl sites for hydroxylation is 1. The SMILES string of the molecule is Cc1cccc(C(O)C2CCNCC2C(Cc2ccc(C#N)cc2)c2cnc[nH]2)c1. The van der Waals surface area contributed by atoms with Gasteiger partial charge in [-0.1, -0.05) is 42.0 Å². The van der Waals surface area contributed by atoms with Crippen LogP contribution in [0.15, 0.2) is 61.1 Å². The topological polar surface area (TPSA) is 84.7 Å². The van der Waals surface area contributed by atoms with Gasteiger partial charge in [0.2, 0.25) is 0 Å². The Kier molecular flexibility index (Phi) is 6.27. The normalized spacial score (nSPS) is 21.0. The maximum absolute atomic E-state index is 11.3. The van der Waals surface area contributed by atoms with Crippen molar-refractivity contribution in [1.82, 2.24) is 15.3 Å². The van der Waals surface area contributed by atoms with E-state index < -0.39 is 6.10 Å². The molecule has 0 radical (unpaired) electrons. The second-order valence-corrected chi connectivity index (χ2v) is 8.31. The van der Waals surface area contributed by atoms with Gasteiger partial charge in [-0.25, -0.2) is 4.98 Å². The van der Waals surface area contributed by atoms with Gasteiger partial charge in [-0.05, 0) is 68.0 Å². The summed E-state index contributed by atoms with van der Waals surface area (Å²) in [5, 5.41) is 24.0. The Morgan fingerprint density at radius 1 is 1.20 bits per heavy atom. The second-order valence-electron chi connectivity index (χ2n) is 8.31. The summed E-state index contributed by atoms with van der Waals surface area (Å²) in [5.74, 6) is 0.600. The molecule has 1 saturated heterocycles. The summed E-state index contributed by atoms with van der Waals surface area (Å²) in [4.78, 5) is 7.58. The van der Waals surface area contributed by atoms with Crippen molar-refractivity contribution < 1.29 is 5.11 Å². The number of nitrogens with one attached hydrogen (secondary N) is 2. The number of H-pyrrole nitrogens is 1. The second kappa shape index (κ2) is 9.25. The van der Waals surface area contributed by atoms with Crippen molar-refractivity contribution in [3.05, 3.63) is 89.0 Å². The summed E-state index contributed by atoms with van der Waals surface area (Å²) in [6.07, 6.45) is 4.89. The van der Waals surface area contributed by atoms with E-state index in [1.807, 2.05) is 42.6 Å². The Balaban J connectivity index is 1.64. The fourth-order valence-corrected chi connectivity index (χ4v) is 4.77. The number of nitrogens with zero attached hydrogens (tertiary/aromatic N) is 2. The van der Waals surface area contributed by atoms with Crippen LogP contribution >= 0.6 is 0 Å². The highest BCUT2D eigenvalue weighted by atomic mass is 16.3. The number of aromatic nitrogens is 2. The molecule has 0 bridgehead atoms. The quantitative estimate of drug-likeness (QED) is 0.586. The third-order valence-corrected chi connectivity index (χ3v) is 6.35. The number of aliphatic hydroxyl groups excluding tert-OH is 1. The Morgan fingerprint density at radius 2 is 2.03 bits per heavy atom. The van der Waals surface area contributed by atoms with Crippen LogP contribution in [-0.4, -0.2) is 28.2 Å². The van der Waals surface area contributed by atoms with Crippen molar-refractivity contribution in [3.63, 3.8) is 0 Å². The van der Waals surface area contributed by atoms with E-state index in [9.17, 15) is 5.11 Å². The summed E-state index contributed by atoms with van der Waals surface area (Å²) >= 11 is 0. The van der Waals surface area contributed by atoms with Gasteiger partial charge in [-0.15, -0.1) is 0 Å². The van der Waals surface area contributed by atoms with Gasteiger partial charge < -0.3 is 15.4 Å². The number of aliphatic hydroxyl groups is 1. The van der Waals surface area contributed by atoms with E-state index in [1.165, 1.54) is 11.1 Å². The van der Waals surface area contributed by atoms with Gasteiger partial charge in [0.1, 0.15) is 0 Å². The predicted molar refractivity (Wildman–Crippen MR) is 117 cm³/mol. The van der Waals surface area contributed by atoms with E-state index in [0.29, 0.717) is 5.56 Å². The van der Waals surface area contributed by atoms with Crippen molar-refractivity contribution in [2.75, 3.05) is 13.1 Å². The molecule has 0 spiro atoms. The number of imidazole rings is 1. The Labute approximate surface area is 177 Å². The number of rotatable bonds is 6. The minimum atomic E-state index is -0.497. The summed E-state index contributed by atoms with van der Waals surface area (Å²) in [7, 11) is 0. The van der Waals surface area contributed by atoms with Crippen LogP contribution in [0.25, 0.3) is 0 Å². The molecule has 2 aromatic carbocycles. The summed E-state index contributed by atoms with van der Waals surface area (Å²) in [6.45, 7) is 3.83. The Hall–Kier alpha value is -2.94. The summed E-state index contributed by atoms with van der Waals surface area (Å²) in [6, 6.07) is 18.2. The number of aromatic amines is 1. The molecule has 5 heteroatoms. The highest BCUT2D eigenvalue weighted by Gasteiger charge is 2.37. The minimum Gasteiger partial charge on any atom is -0.388 e. The van der Waals surface area contributed by atoms with Gasteiger partial charge in [0.05, 0.1) is 24.1 Å². The molecule has 0 aliphatic carbocycles. The third kappa shape index (κ3) is 4.46. The summed E-state index contributed by atoms with van der Waals surface area (Å²) in [5.41, 5.74) is 5.11. The molecule has 30 heavy (non-hydrogen) atoms. The first-order valence-electron chi connectivity index (χ1n) is 10.6. The molecule has 0 amide bonds. The smallest absolute Gasteiger partial charge is 0.0991 e. The molecule has 1 aromatic heterocycles. The van der Waals surface area contributed by atoms with Gasteiger partial charge in [-0.2, -0.15) is 5.26 Å². The van der Waals surface area contributed by atoms with Crippen molar-refractivity contribution in [2.24, 2.45) is 11.8 Å². The van der Waals surface area contributed by atoms with Crippen molar-refractivity contribution >= 4 is 0 Å². The lowest BCUT2D eigenvalue weighted by molar-refractivity contribution is 0.0421. The average Bonchev–Trinajstić information content (AvgIpc) is 3.32. The van der Waals surface area contributed by atoms with E-state index in [-0.39, 0.29) is 17.8 Å². The highest BCUT2D eigenvalue weighted by Crippen LogP contribution is 2.41. The van der Waals surface area contributed by atoms with Crippen molar-refractivity contribution in [3.8, 4) is 6.07 Å². The van der Waals surface area contributed by atoms with Gasteiger partial charge in [0.15, 0.2) is 0 Å². The summed E-state index contributed by atoms with van der Waals surface area (Å²) < 4.78 is 0. The monoisotopic (exact) mass is 400 g/mol. The van der Waals surface area contributed by atoms with E-state index in [2.05, 4.69) is 40.4 Å². The molecule has 5 nitrogen and oxygen atoms in total. The zero-order valence-electron chi connectivity index (χ0n) is 17.3. The van der Waals surface area contributed by atoms with Crippen LogP contribution in [0.2, 0.25) is 0 Å². The highest BCUT2D eigenvalue weighted by molar-refractivity contribution is 5.33. The molecule has 4 atom stereocenters. The molecule has 2 heterocycles. The third-order valence-electron chi connectivity index (χ3n) is 6.35. The standard InChI is InChI=1S/C25H28N4O/c1-17-3-2-4-20(11-17)25(30)21-9-10-27-14-23(21)22(24-15-28-16-29-24)12-18-5-7-19(13-26)8-6-18/h2-8,11,15-16,21-23,25,27,30H,9-10,12,14H2,1H3,(H,28,29). The predicted octanol–water partition coefficient (Wildman–Crippen LogP) is 3.88. The molecule has 154 valence electrons. The number of piperidine rings is 1. The number of hydrogen-bond donors (Lipinski definition) is 3. The first-order valence-corrected chi connectivity index (χ1v) is 10.6. The molecule has 4 rings (SSSR count). The lowest BCUT2D eigenvalue weighted by Gasteiger charge is -2.40. The molecule has 1 fully saturated rings. The van der Waals surface area contributed by atoms with Crippen molar-refractivity contribution in [1.29, 1.82) is 5.26 Å². The zero-order chi connectivity index (χ0) is 20.9. The maximum atomic E-state index is 11.3. The molecule has 0 saturated carbocycles. The fourth-order valence-electron chi connectivity index (χ4n) is 4.77.